The lowest BCUT2D eigenvalue weighted by atomic mass is 9.85. The van der Waals surface area contributed by atoms with Gasteiger partial charge in [-0.15, -0.1) is 0 Å². The number of para-hydroxylation sites is 1. The summed E-state index contributed by atoms with van der Waals surface area (Å²) in [5.41, 5.74) is 22.2. The quantitative estimate of drug-likeness (QED) is 0.542. The summed E-state index contributed by atoms with van der Waals surface area (Å²) in [6, 6.07) is 14.9. The van der Waals surface area contributed by atoms with Crippen LogP contribution in [0.25, 0.3) is 11.6 Å². The van der Waals surface area contributed by atoms with Crippen molar-refractivity contribution in [2.45, 2.75) is 50.4 Å². The van der Waals surface area contributed by atoms with Crippen LogP contribution in [0.2, 0.25) is 0 Å². The first-order valence-electron chi connectivity index (χ1n) is 12.3. The Balaban J connectivity index is 1.14. The molecule has 0 spiro atoms. The van der Waals surface area contributed by atoms with E-state index in [1.807, 2.05) is 12.1 Å². The lowest BCUT2D eigenvalue weighted by Crippen LogP contribution is -2.50. The summed E-state index contributed by atoms with van der Waals surface area (Å²) < 4.78 is 6.09. The minimum atomic E-state index is -0.338. The van der Waals surface area contributed by atoms with Crippen LogP contribution in [-0.4, -0.2) is 12.3 Å². The van der Waals surface area contributed by atoms with Gasteiger partial charge in [0.05, 0.1) is 12.3 Å². The van der Waals surface area contributed by atoms with Gasteiger partial charge in [-0.3, -0.25) is 5.32 Å². The fourth-order valence-corrected chi connectivity index (χ4v) is 5.59. The molecule has 0 bridgehead atoms. The molecule has 172 valence electrons. The first kappa shape index (κ1) is 21.4. The second-order valence-corrected chi connectivity index (χ2v) is 9.55. The third-order valence-electron chi connectivity index (χ3n) is 7.48. The molecule has 4 aliphatic rings. The average Bonchev–Trinajstić information content (AvgIpc) is 3.26. The third-order valence-corrected chi connectivity index (χ3v) is 7.48. The maximum absolute atomic E-state index is 6.55. The van der Waals surface area contributed by atoms with E-state index < -0.39 is 0 Å². The molecule has 0 amide bonds. The molecule has 1 heterocycles. The Labute approximate surface area is 201 Å². The zero-order chi connectivity index (χ0) is 23.1. The van der Waals surface area contributed by atoms with Crippen molar-refractivity contribution >= 4 is 11.6 Å². The largest absolute Gasteiger partial charge is 0.461 e. The standard InChI is InChI=1S/C30H31N3O/c31-29(21-14-12-20(13-15-21)24-10-5-7-19-6-1-2-8-23(19)24)33-30(32)22-16-17-26-25-9-3-4-11-27(25)34-28(26)18-22/h1,3-7,9-12,14,16,18,26,29-30,33H,2,8,13,15,17,31-32H2. The average molecular weight is 450 g/mol. The van der Waals surface area contributed by atoms with Crippen LogP contribution in [0.1, 0.15) is 53.9 Å². The second kappa shape index (κ2) is 8.88. The van der Waals surface area contributed by atoms with Crippen LogP contribution in [0, 0.1) is 0 Å². The van der Waals surface area contributed by atoms with E-state index in [1.54, 1.807) is 0 Å². The topological polar surface area (TPSA) is 73.3 Å². The Morgan fingerprint density at radius 3 is 2.74 bits per heavy atom. The summed E-state index contributed by atoms with van der Waals surface area (Å²) >= 11 is 0. The number of nitrogens with one attached hydrogen (secondary N) is 1. The summed E-state index contributed by atoms with van der Waals surface area (Å²) in [4.78, 5) is 0. The van der Waals surface area contributed by atoms with E-state index in [2.05, 4.69) is 72.1 Å². The minimum absolute atomic E-state index is 0.279. The van der Waals surface area contributed by atoms with Crippen molar-refractivity contribution in [2.24, 2.45) is 11.5 Å². The predicted molar refractivity (Wildman–Crippen MR) is 139 cm³/mol. The van der Waals surface area contributed by atoms with E-state index >= 15 is 0 Å². The molecule has 0 saturated carbocycles. The lowest BCUT2D eigenvalue weighted by Gasteiger charge is -2.27. The molecule has 6 rings (SSSR count). The van der Waals surface area contributed by atoms with Gasteiger partial charge >= 0.3 is 0 Å². The number of hydrogen-bond donors (Lipinski definition) is 3. The smallest absolute Gasteiger partial charge is 0.130 e. The molecule has 0 saturated heterocycles. The molecular weight excluding hydrogens is 418 g/mol. The predicted octanol–water partition coefficient (Wildman–Crippen LogP) is 5.30. The molecule has 3 unspecified atom stereocenters. The number of benzene rings is 2. The number of fused-ring (bicyclic) bond motifs is 4. The number of nitrogens with two attached hydrogens (primary N) is 2. The summed E-state index contributed by atoms with van der Waals surface area (Å²) in [6.45, 7) is 0. The van der Waals surface area contributed by atoms with Crippen LogP contribution in [0.15, 0.2) is 89.8 Å². The van der Waals surface area contributed by atoms with Crippen LogP contribution >= 0.6 is 0 Å². The van der Waals surface area contributed by atoms with Gasteiger partial charge in [-0.1, -0.05) is 66.8 Å². The maximum atomic E-state index is 6.55. The highest BCUT2D eigenvalue weighted by Gasteiger charge is 2.32. The molecule has 0 radical (unpaired) electrons. The van der Waals surface area contributed by atoms with Gasteiger partial charge in [-0.2, -0.15) is 0 Å². The summed E-state index contributed by atoms with van der Waals surface area (Å²) in [6.07, 6.45) is 17.7. The SMILES string of the molecule is NC(NC(N)C1=CC=C(c2cccc3c2CCC=C3)CC1)C1=CCC2C(=C1)Oc1ccccc12. The summed E-state index contributed by atoms with van der Waals surface area (Å²) in [5.74, 6) is 2.23. The van der Waals surface area contributed by atoms with Gasteiger partial charge in [0.2, 0.25) is 0 Å². The van der Waals surface area contributed by atoms with Gasteiger partial charge in [-0.05, 0) is 77.7 Å². The van der Waals surface area contributed by atoms with Gasteiger partial charge in [0.25, 0.3) is 0 Å². The van der Waals surface area contributed by atoms with Gasteiger partial charge in [0, 0.05) is 11.5 Å². The van der Waals surface area contributed by atoms with Gasteiger partial charge in [0.15, 0.2) is 0 Å². The normalized spacial score (nSPS) is 22.2. The molecule has 34 heavy (non-hydrogen) atoms. The van der Waals surface area contributed by atoms with Crippen molar-refractivity contribution in [3.05, 3.63) is 112 Å². The molecule has 2 aromatic carbocycles. The Hall–Kier alpha value is -3.18. The molecular formula is C30H31N3O. The van der Waals surface area contributed by atoms with E-state index in [0.29, 0.717) is 5.92 Å². The van der Waals surface area contributed by atoms with E-state index in [9.17, 15) is 0 Å². The van der Waals surface area contributed by atoms with Crippen LogP contribution < -0.4 is 21.5 Å². The van der Waals surface area contributed by atoms with Crippen molar-refractivity contribution in [3.8, 4) is 5.75 Å². The van der Waals surface area contributed by atoms with Gasteiger partial charge in [-0.25, -0.2) is 0 Å². The van der Waals surface area contributed by atoms with Crippen LogP contribution in [-0.2, 0) is 6.42 Å². The molecule has 3 atom stereocenters. The lowest BCUT2D eigenvalue weighted by molar-refractivity contribution is 0.420. The molecule has 5 N–H and O–H groups in total. The first-order chi connectivity index (χ1) is 16.7. The number of hydrogen-bond acceptors (Lipinski definition) is 4. The zero-order valence-corrected chi connectivity index (χ0v) is 19.3. The minimum Gasteiger partial charge on any atom is -0.461 e. The molecule has 4 nitrogen and oxygen atoms in total. The number of rotatable bonds is 5. The highest BCUT2D eigenvalue weighted by molar-refractivity contribution is 5.75. The molecule has 2 aromatic rings. The second-order valence-electron chi connectivity index (χ2n) is 9.55. The highest BCUT2D eigenvalue weighted by Crippen LogP contribution is 2.45. The molecule has 3 aliphatic carbocycles. The fourth-order valence-electron chi connectivity index (χ4n) is 5.59. The van der Waals surface area contributed by atoms with Crippen molar-refractivity contribution < 1.29 is 4.74 Å². The molecule has 0 fully saturated rings. The van der Waals surface area contributed by atoms with E-state index in [-0.39, 0.29) is 12.3 Å². The van der Waals surface area contributed by atoms with Crippen molar-refractivity contribution in [3.63, 3.8) is 0 Å². The van der Waals surface area contributed by atoms with Crippen molar-refractivity contribution in [2.75, 3.05) is 0 Å². The van der Waals surface area contributed by atoms with Gasteiger partial charge in [0.1, 0.15) is 11.5 Å². The van der Waals surface area contributed by atoms with E-state index in [1.165, 1.54) is 33.4 Å². The zero-order valence-electron chi connectivity index (χ0n) is 19.3. The summed E-state index contributed by atoms with van der Waals surface area (Å²) in [7, 11) is 0. The molecule has 1 aliphatic heterocycles. The first-order valence-corrected chi connectivity index (χ1v) is 12.3. The highest BCUT2D eigenvalue weighted by atomic mass is 16.5. The Kier molecular flexibility index (Phi) is 5.58. The van der Waals surface area contributed by atoms with Crippen LogP contribution in [0.3, 0.4) is 0 Å². The fraction of sp³-hybridized carbons (Fsp3) is 0.267. The molecule has 0 aromatic heterocycles. The van der Waals surface area contributed by atoms with Crippen LogP contribution in [0.5, 0.6) is 5.75 Å². The van der Waals surface area contributed by atoms with E-state index in [4.69, 9.17) is 16.2 Å². The van der Waals surface area contributed by atoms with E-state index in [0.717, 1.165) is 49.2 Å². The van der Waals surface area contributed by atoms with Crippen molar-refractivity contribution in [1.29, 1.82) is 0 Å². The van der Waals surface area contributed by atoms with Crippen molar-refractivity contribution in [1.82, 2.24) is 5.32 Å². The summed E-state index contributed by atoms with van der Waals surface area (Å²) in [5, 5.41) is 3.41. The number of allylic oxidation sites excluding steroid dienone is 6. The van der Waals surface area contributed by atoms with Crippen LogP contribution in [0.4, 0.5) is 0 Å². The third kappa shape index (κ3) is 3.88. The Morgan fingerprint density at radius 2 is 1.85 bits per heavy atom. The monoisotopic (exact) mass is 449 g/mol. The Bertz CT molecular complexity index is 1280. The van der Waals surface area contributed by atoms with Gasteiger partial charge < -0.3 is 16.2 Å². The number of ether oxygens (including phenoxy) is 1. The Morgan fingerprint density at radius 1 is 0.941 bits per heavy atom. The molecule has 4 heteroatoms. The maximum Gasteiger partial charge on any atom is 0.130 e.